The second-order valence-corrected chi connectivity index (χ2v) is 8.40. The number of carbonyl (C=O) groups excluding carboxylic acids is 1. The first kappa shape index (κ1) is 21.7. The van der Waals surface area contributed by atoms with Gasteiger partial charge < -0.3 is 11.1 Å². The SMILES string of the molecule is CCC(CC)(CN)NC(=O)c1ccc(N2CCCS2(=O)=O)cc1C.Cl. The summed E-state index contributed by atoms with van der Waals surface area (Å²) in [4.78, 5) is 12.6. The lowest BCUT2D eigenvalue weighted by Crippen LogP contribution is -2.53. The van der Waals surface area contributed by atoms with Crippen LogP contribution in [0.15, 0.2) is 18.2 Å². The summed E-state index contributed by atoms with van der Waals surface area (Å²) in [5.74, 6) is 0.0119. The first-order valence-corrected chi connectivity index (χ1v) is 10.0. The number of benzene rings is 1. The molecule has 0 aromatic heterocycles. The van der Waals surface area contributed by atoms with E-state index in [1.807, 2.05) is 20.8 Å². The van der Waals surface area contributed by atoms with Crippen molar-refractivity contribution in [2.45, 2.75) is 45.6 Å². The minimum absolute atomic E-state index is 0. The van der Waals surface area contributed by atoms with Crippen LogP contribution < -0.4 is 15.4 Å². The molecule has 0 spiro atoms. The van der Waals surface area contributed by atoms with Crippen molar-refractivity contribution in [2.24, 2.45) is 5.73 Å². The van der Waals surface area contributed by atoms with E-state index in [9.17, 15) is 13.2 Å². The molecule has 1 aromatic rings. The fraction of sp³-hybridized carbons (Fsp3) is 0.588. The Balaban J connectivity index is 0.00000312. The topological polar surface area (TPSA) is 92.5 Å². The molecular formula is C17H28ClN3O3S. The lowest BCUT2D eigenvalue weighted by Gasteiger charge is -2.31. The van der Waals surface area contributed by atoms with Crippen molar-refractivity contribution >= 4 is 34.0 Å². The number of nitrogens with two attached hydrogens (primary N) is 1. The minimum atomic E-state index is -3.21. The van der Waals surface area contributed by atoms with Crippen LogP contribution in [0.1, 0.15) is 49.0 Å². The summed E-state index contributed by atoms with van der Waals surface area (Å²) in [6, 6.07) is 5.16. The van der Waals surface area contributed by atoms with Crippen LogP contribution in [-0.2, 0) is 10.0 Å². The summed E-state index contributed by atoms with van der Waals surface area (Å²) in [7, 11) is -3.21. The number of amides is 1. The molecule has 0 saturated carbocycles. The van der Waals surface area contributed by atoms with E-state index in [2.05, 4.69) is 5.32 Å². The molecular weight excluding hydrogens is 362 g/mol. The quantitative estimate of drug-likeness (QED) is 0.780. The van der Waals surface area contributed by atoms with E-state index in [0.717, 1.165) is 18.4 Å². The van der Waals surface area contributed by atoms with Crippen LogP contribution in [-0.4, -0.2) is 38.7 Å². The van der Waals surface area contributed by atoms with Crippen LogP contribution in [0.4, 0.5) is 5.69 Å². The minimum Gasteiger partial charge on any atom is -0.345 e. The van der Waals surface area contributed by atoms with Gasteiger partial charge in [-0.05, 0) is 49.9 Å². The molecule has 1 aromatic carbocycles. The summed E-state index contributed by atoms with van der Waals surface area (Å²) < 4.78 is 25.5. The zero-order valence-corrected chi connectivity index (χ0v) is 16.7. The number of hydrogen-bond acceptors (Lipinski definition) is 4. The van der Waals surface area contributed by atoms with Gasteiger partial charge in [0.2, 0.25) is 10.0 Å². The van der Waals surface area contributed by atoms with E-state index in [1.54, 1.807) is 18.2 Å². The summed E-state index contributed by atoms with van der Waals surface area (Å²) in [5, 5.41) is 3.05. The Bertz CT molecular complexity index is 710. The summed E-state index contributed by atoms with van der Waals surface area (Å²) in [6.45, 7) is 6.71. The molecule has 8 heteroatoms. The van der Waals surface area contributed by atoms with Gasteiger partial charge in [0.1, 0.15) is 0 Å². The Morgan fingerprint density at radius 1 is 1.32 bits per heavy atom. The predicted octanol–water partition coefficient (Wildman–Crippen LogP) is 2.20. The molecule has 142 valence electrons. The molecule has 1 fully saturated rings. The standard InChI is InChI=1S/C17H27N3O3S.ClH/c1-4-17(5-2,12-18)19-16(21)15-8-7-14(11-13(15)3)20-9-6-10-24(20,22)23;/h7-8,11H,4-6,9-10,12,18H2,1-3H3,(H,19,21);1H. The van der Waals surface area contributed by atoms with Gasteiger partial charge in [-0.2, -0.15) is 0 Å². The average Bonchev–Trinajstić information content (AvgIpc) is 2.91. The van der Waals surface area contributed by atoms with E-state index >= 15 is 0 Å². The van der Waals surface area contributed by atoms with E-state index in [4.69, 9.17) is 5.73 Å². The molecule has 1 amide bonds. The van der Waals surface area contributed by atoms with Crippen LogP contribution in [0, 0.1) is 6.92 Å². The zero-order chi connectivity index (χ0) is 18.0. The number of carbonyl (C=O) groups is 1. The monoisotopic (exact) mass is 389 g/mol. The molecule has 0 unspecified atom stereocenters. The molecule has 3 N–H and O–H groups in total. The lowest BCUT2D eigenvalue weighted by atomic mass is 9.92. The lowest BCUT2D eigenvalue weighted by molar-refractivity contribution is 0.0894. The number of nitrogens with one attached hydrogen (secondary N) is 1. The highest BCUT2D eigenvalue weighted by Crippen LogP contribution is 2.26. The number of aryl methyl sites for hydroxylation is 1. The Labute approximate surface area is 156 Å². The molecule has 1 saturated heterocycles. The highest BCUT2D eigenvalue weighted by Gasteiger charge is 2.30. The van der Waals surface area contributed by atoms with Crippen LogP contribution in [0.5, 0.6) is 0 Å². The van der Waals surface area contributed by atoms with E-state index in [0.29, 0.717) is 30.8 Å². The van der Waals surface area contributed by atoms with E-state index < -0.39 is 15.6 Å². The molecule has 0 atom stereocenters. The average molecular weight is 390 g/mol. The van der Waals surface area contributed by atoms with Crippen molar-refractivity contribution < 1.29 is 13.2 Å². The Kier molecular flexibility index (Phi) is 7.28. The highest BCUT2D eigenvalue weighted by atomic mass is 35.5. The second-order valence-electron chi connectivity index (χ2n) is 6.39. The Morgan fingerprint density at radius 2 is 1.96 bits per heavy atom. The van der Waals surface area contributed by atoms with Gasteiger partial charge in [0.25, 0.3) is 5.91 Å². The Morgan fingerprint density at radius 3 is 2.40 bits per heavy atom. The van der Waals surface area contributed by atoms with Crippen molar-refractivity contribution in [1.82, 2.24) is 5.32 Å². The third-order valence-corrected chi connectivity index (χ3v) is 6.83. The zero-order valence-electron chi connectivity index (χ0n) is 15.0. The van der Waals surface area contributed by atoms with Crippen LogP contribution in [0.3, 0.4) is 0 Å². The number of anilines is 1. The van der Waals surface area contributed by atoms with Gasteiger partial charge in [-0.15, -0.1) is 12.4 Å². The first-order chi connectivity index (χ1) is 11.3. The van der Waals surface area contributed by atoms with Crippen LogP contribution in [0.25, 0.3) is 0 Å². The molecule has 2 rings (SSSR count). The van der Waals surface area contributed by atoms with Crippen LogP contribution in [0.2, 0.25) is 0 Å². The number of nitrogens with zero attached hydrogens (tertiary/aromatic N) is 1. The normalized spacial score (nSPS) is 16.4. The first-order valence-electron chi connectivity index (χ1n) is 8.42. The van der Waals surface area contributed by atoms with Crippen molar-refractivity contribution in [2.75, 3.05) is 23.1 Å². The maximum absolute atomic E-state index is 12.6. The number of hydrogen-bond donors (Lipinski definition) is 2. The fourth-order valence-corrected chi connectivity index (χ4v) is 4.62. The van der Waals surface area contributed by atoms with Gasteiger partial charge in [-0.1, -0.05) is 13.8 Å². The largest absolute Gasteiger partial charge is 0.345 e. The van der Waals surface area contributed by atoms with Gasteiger partial charge in [0.15, 0.2) is 0 Å². The maximum atomic E-state index is 12.6. The number of halogens is 1. The van der Waals surface area contributed by atoms with E-state index in [-0.39, 0.29) is 24.1 Å². The van der Waals surface area contributed by atoms with Crippen molar-refractivity contribution in [1.29, 1.82) is 0 Å². The molecule has 1 heterocycles. The van der Waals surface area contributed by atoms with Crippen LogP contribution >= 0.6 is 12.4 Å². The number of rotatable bonds is 6. The fourth-order valence-electron chi connectivity index (χ4n) is 3.06. The third-order valence-electron chi connectivity index (χ3n) is 4.96. The van der Waals surface area contributed by atoms with Crippen molar-refractivity contribution in [3.05, 3.63) is 29.3 Å². The maximum Gasteiger partial charge on any atom is 0.252 e. The molecule has 6 nitrogen and oxygen atoms in total. The molecule has 0 radical (unpaired) electrons. The molecule has 1 aliphatic heterocycles. The van der Waals surface area contributed by atoms with Gasteiger partial charge in [0, 0.05) is 18.7 Å². The summed E-state index contributed by atoms with van der Waals surface area (Å²) >= 11 is 0. The molecule has 1 aliphatic rings. The molecule has 0 bridgehead atoms. The second kappa shape index (κ2) is 8.38. The highest BCUT2D eigenvalue weighted by molar-refractivity contribution is 7.93. The Hall–Kier alpha value is -1.31. The van der Waals surface area contributed by atoms with Gasteiger partial charge >= 0.3 is 0 Å². The number of sulfonamides is 1. The van der Waals surface area contributed by atoms with Gasteiger partial charge in [-0.3, -0.25) is 9.10 Å². The third kappa shape index (κ3) is 4.46. The van der Waals surface area contributed by atoms with Gasteiger partial charge in [0.05, 0.1) is 17.0 Å². The van der Waals surface area contributed by atoms with Gasteiger partial charge in [-0.25, -0.2) is 8.42 Å². The summed E-state index contributed by atoms with van der Waals surface area (Å²) in [5.41, 5.74) is 7.37. The molecule has 0 aliphatic carbocycles. The predicted molar refractivity (Wildman–Crippen MR) is 104 cm³/mol. The van der Waals surface area contributed by atoms with Crippen molar-refractivity contribution in [3.8, 4) is 0 Å². The smallest absolute Gasteiger partial charge is 0.252 e. The van der Waals surface area contributed by atoms with E-state index in [1.165, 1.54) is 4.31 Å². The summed E-state index contributed by atoms with van der Waals surface area (Å²) in [6.07, 6.45) is 2.15. The molecule has 25 heavy (non-hydrogen) atoms. The van der Waals surface area contributed by atoms with Crippen molar-refractivity contribution in [3.63, 3.8) is 0 Å².